The minimum atomic E-state index is -1.69. The van der Waals surface area contributed by atoms with Crippen molar-refractivity contribution in [2.45, 2.75) is 56.3 Å². The SMILES string of the molecule is NC(=O)CC(NC(=O)C(Cc1c[nH]c2ccccc12)NC(=O)C(CC(N)=O)NC(=O)C(N)CCC(=O)O)C(=O)O. The van der Waals surface area contributed by atoms with Crippen molar-refractivity contribution >= 4 is 52.4 Å². The lowest BCUT2D eigenvalue weighted by Crippen LogP contribution is -2.58. The van der Waals surface area contributed by atoms with Crippen LogP contribution in [0, 0.1) is 0 Å². The summed E-state index contributed by atoms with van der Waals surface area (Å²) in [5, 5.41) is 25.6. The number of hydrogen-bond acceptors (Lipinski definition) is 8. The second-order valence-electron chi connectivity index (χ2n) is 8.97. The fourth-order valence-corrected chi connectivity index (χ4v) is 3.77. The molecule has 4 unspecified atom stereocenters. The first-order chi connectivity index (χ1) is 18.8. The van der Waals surface area contributed by atoms with Gasteiger partial charge < -0.3 is 48.3 Å². The van der Waals surface area contributed by atoms with Crippen LogP contribution in [0.1, 0.15) is 31.2 Å². The van der Waals surface area contributed by atoms with Crippen molar-refractivity contribution in [2.75, 3.05) is 0 Å². The van der Waals surface area contributed by atoms with E-state index >= 15 is 0 Å². The highest BCUT2D eigenvalue weighted by atomic mass is 16.4. The first-order valence-corrected chi connectivity index (χ1v) is 12.0. The smallest absolute Gasteiger partial charge is 0.326 e. The Labute approximate surface area is 227 Å². The van der Waals surface area contributed by atoms with Crippen molar-refractivity contribution in [1.82, 2.24) is 20.9 Å². The summed E-state index contributed by atoms with van der Waals surface area (Å²) < 4.78 is 0. The van der Waals surface area contributed by atoms with E-state index in [0.717, 1.165) is 0 Å². The van der Waals surface area contributed by atoms with Gasteiger partial charge in [-0.1, -0.05) is 18.2 Å². The van der Waals surface area contributed by atoms with Gasteiger partial charge in [0, 0.05) is 29.9 Å². The van der Waals surface area contributed by atoms with Crippen LogP contribution in [0.25, 0.3) is 10.9 Å². The Hall–Kier alpha value is -4.99. The molecule has 0 aliphatic heterocycles. The van der Waals surface area contributed by atoms with Crippen molar-refractivity contribution in [3.05, 3.63) is 36.0 Å². The van der Waals surface area contributed by atoms with Crippen molar-refractivity contribution < 1.29 is 43.8 Å². The van der Waals surface area contributed by atoms with Crippen molar-refractivity contribution in [3.63, 3.8) is 0 Å². The molecule has 2 aromatic rings. The maximum atomic E-state index is 13.2. The van der Waals surface area contributed by atoms with Crippen LogP contribution in [-0.2, 0) is 40.0 Å². The zero-order chi connectivity index (χ0) is 30.0. The average Bonchev–Trinajstić information content (AvgIpc) is 3.28. The molecule has 4 atom stereocenters. The van der Waals surface area contributed by atoms with Crippen LogP contribution in [0.15, 0.2) is 30.5 Å². The van der Waals surface area contributed by atoms with E-state index in [-0.39, 0.29) is 12.8 Å². The van der Waals surface area contributed by atoms with Crippen LogP contribution < -0.4 is 33.2 Å². The first kappa shape index (κ1) is 31.2. The maximum Gasteiger partial charge on any atom is 0.326 e. The molecule has 216 valence electrons. The number of aromatic nitrogens is 1. The molecule has 0 aliphatic rings. The molecule has 2 rings (SSSR count). The number of amides is 5. The van der Waals surface area contributed by atoms with Crippen molar-refractivity contribution in [1.29, 1.82) is 0 Å². The van der Waals surface area contributed by atoms with Gasteiger partial charge in [0.25, 0.3) is 0 Å². The summed E-state index contributed by atoms with van der Waals surface area (Å²) in [5.74, 6) is -7.67. The monoisotopic (exact) mass is 561 g/mol. The predicted octanol–water partition coefficient (Wildman–Crippen LogP) is -2.81. The quantitative estimate of drug-likeness (QED) is 0.101. The second-order valence-corrected chi connectivity index (χ2v) is 8.97. The normalized spacial score (nSPS) is 13.8. The molecule has 40 heavy (non-hydrogen) atoms. The molecule has 16 nitrogen and oxygen atoms in total. The third-order valence-electron chi connectivity index (χ3n) is 5.80. The number of carbonyl (C=O) groups excluding carboxylic acids is 5. The van der Waals surface area contributed by atoms with Crippen LogP contribution in [0.3, 0.4) is 0 Å². The molecular formula is C24H31N7O9. The number of aromatic amines is 1. The van der Waals surface area contributed by atoms with Gasteiger partial charge in [-0.05, 0) is 18.1 Å². The van der Waals surface area contributed by atoms with Gasteiger partial charge in [-0.15, -0.1) is 0 Å². The topological polar surface area (TPSA) is 290 Å². The molecule has 12 N–H and O–H groups in total. The van der Waals surface area contributed by atoms with E-state index in [4.69, 9.17) is 22.3 Å². The second kappa shape index (κ2) is 14.2. The summed E-state index contributed by atoms with van der Waals surface area (Å²) >= 11 is 0. The summed E-state index contributed by atoms with van der Waals surface area (Å²) in [6.45, 7) is 0. The molecule has 0 radical (unpaired) electrons. The highest BCUT2D eigenvalue weighted by molar-refractivity contribution is 5.97. The van der Waals surface area contributed by atoms with E-state index in [1.807, 2.05) is 0 Å². The molecule has 1 aromatic carbocycles. The third kappa shape index (κ3) is 9.39. The number of H-pyrrole nitrogens is 1. The number of hydrogen-bond donors (Lipinski definition) is 9. The van der Waals surface area contributed by atoms with Gasteiger partial charge >= 0.3 is 11.9 Å². The van der Waals surface area contributed by atoms with E-state index in [1.165, 1.54) is 0 Å². The van der Waals surface area contributed by atoms with Gasteiger partial charge in [0.15, 0.2) is 0 Å². The van der Waals surface area contributed by atoms with Crippen LogP contribution in [-0.4, -0.2) is 80.8 Å². The Morgan fingerprint density at radius 2 is 1.35 bits per heavy atom. The number of aliphatic carboxylic acids is 2. The summed E-state index contributed by atoms with van der Waals surface area (Å²) in [7, 11) is 0. The zero-order valence-electron chi connectivity index (χ0n) is 21.2. The average molecular weight is 562 g/mol. The molecule has 0 fully saturated rings. The number of primary amides is 2. The van der Waals surface area contributed by atoms with E-state index in [2.05, 4.69) is 20.9 Å². The molecule has 1 aromatic heterocycles. The van der Waals surface area contributed by atoms with Gasteiger partial charge in [-0.2, -0.15) is 0 Å². The number of rotatable bonds is 16. The number of nitrogens with one attached hydrogen (secondary N) is 4. The van der Waals surface area contributed by atoms with Gasteiger partial charge in [0.1, 0.15) is 18.1 Å². The molecule has 0 aliphatic carbocycles. The fraction of sp³-hybridized carbons (Fsp3) is 0.375. The molecular weight excluding hydrogens is 530 g/mol. The zero-order valence-corrected chi connectivity index (χ0v) is 21.2. The van der Waals surface area contributed by atoms with Crippen LogP contribution in [0.5, 0.6) is 0 Å². The number of carboxylic acid groups (broad SMARTS) is 2. The summed E-state index contributed by atoms with van der Waals surface area (Å²) in [4.78, 5) is 87.0. The van der Waals surface area contributed by atoms with Gasteiger partial charge in [0.05, 0.1) is 18.9 Å². The summed E-state index contributed by atoms with van der Waals surface area (Å²) in [6, 6.07) is 0.969. The highest BCUT2D eigenvalue weighted by Crippen LogP contribution is 2.19. The number of benzene rings is 1. The summed E-state index contributed by atoms with van der Waals surface area (Å²) in [6.07, 6.45) is -0.676. The molecule has 0 bridgehead atoms. The lowest BCUT2D eigenvalue weighted by molar-refractivity contribution is -0.144. The van der Waals surface area contributed by atoms with Crippen LogP contribution >= 0.6 is 0 Å². The molecule has 1 heterocycles. The fourth-order valence-electron chi connectivity index (χ4n) is 3.77. The van der Waals surface area contributed by atoms with Gasteiger partial charge in [-0.25, -0.2) is 4.79 Å². The van der Waals surface area contributed by atoms with E-state index in [1.54, 1.807) is 30.5 Å². The molecule has 0 saturated carbocycles. The van der Waals surface area contributed by atoms with E-state index < -0.39 is 84.9 Å². The van der Waals surface area contributed by atoms with Crippen LogP contribution in [0.2, 0.25) is 0 Å². The molecule has 0 spiro atoms. The van der Waals surface area contributed by atoms with Crippen molar-refractivity contribution in [3.8, 4) is 0 Å². The molecule has 16 heteroatoms. The molecule has 0 saturated heterocycles. The standard InChI is InChI=1S/C24H31N7O9/c25-13(5-6-20(34)35)21(36)29-16(8-18(26)32)23(38)30-15(22(37)31-17(24(39)40)9-19(27)33)7-11-10-28-14-4-2-1-3-12(11)14/h1-4,10,13,15-17,28H,5-9,25H2,(H2,26,32)(H2,27,33)(H,29,36)(H,30,38)(H,31,37)(H,34,35)(H,39,40). The van der Waals surface area contributed by atoms with Gasteiger partial charge in [-0.3, -0.25) is 28.8 Å². The Bertz CT molecular complexity index is 1290. The minimum Gasteiger partial charge on any atom is -0.481 e. The number of nitrogens with two attached hydrogens (primary N) is 3. The number of fused-ring (bicyclic) bond motifs is 1. The minimum absolute atomic E-state index is 0.167. The van der Waals surface area contributed by atoms with Crippen molar-refractivity contribution in [2.24, 2.45) is 17.2 Å². The Balaban J connectivity index is 2.31. The summed E-state index contributed by atoms with van der Waals surface area (Å²) in [5.41, 5.74) is 17.2. The lowest BCUT2D eigenvalue weighted by Gasteiger charge is -2.24. The number of carboxylic acids is 2. The first-order valence-electron chi connectivity index (χ1n) is 12.0. The van der Waals surface area contributed by atoms with E-state index in [9.17, 15) is 38.7 Å². The number of carbonyl (C=O) groups is 7. The Kier molecular flexibility index (Phi) is 11.1. The van der Waals surface area contributed by atoms with Gasteiger partial charge in [0.2, 0.25) is 29.5 Å². The largest absolute Gasteiger partial charge is 0.481 e. The Morgan fingerprint density at radius 1 is 0.800 bits per heavy atom. The molecule has 5 amide bonds. The lowest BCUT2D eigenvalue weighted by atomic mass is 10.0. The Morgan fingerprint density at radius 3 is 1.95 bits per heavy atom. The predicted molar refractivity (Wildman–Crippen MR) is 138 cm³/mol. The number of para-hydroxylation sites is 1. The highest BCUT2D eigenvalue weighted by Gasteiger charge is 2.32. The van der Waals surface area contributed by atoms with Crippen LogP contribution in [0.4, 0.5) is 0 Å². The maximum absolute atomic E-state index is 13.2. The third-order valence-corrected chi connectivity index (χ3v) is 5.80. The van der Waals surface area contributed by atoms with E-state index in [0.29, 0.717) is 16.5 Å².